The summed E-state index contributed by atoms with van der Waals surface area (Å²) in [6, 6.07) is 0. The fourth-order valence-electron chi connectivity index (χ4n) is 0. The fourth-order valence-corrected chi connectivity index (χ4v) is 0. The molecular weight excluding hydrogens is 199 g/mol. The molecule has 4 N–H and O–H groups in total. The molecule has 0 atom stereocenters. The number of nitrogens with two attached hydrogens (primary N) is 1. The summed E-state index contributed by atoms with van der Waals surface area (Å²) in [7, 11) is 0. The van der Waals surface area contributed by atoms with Gasteiger partial charge < -0.3 is 5.11 Å². The van der Waals surface area contributed by atoms with Crippen molar-refractivity contribution in [1.82, 2.24) is 5.43 Å². The van der Waals surface area contributed by atoms with Crippen molar-refractivity contribution < 1.29 is 9.90 Å². The molecule has 4 nitrogen and oxygen atoms in total. The molecule has 0 heterocycles. The van der Waals surface area contributed by atoms with Crippen LogP contribution in [0, 0.1) is 0 Å². The van der Waals surface area contributed by atoms with Gasteiger partial charge in [-0.1, -0.05) is 0 Å². The topological polar surface area (TPSA) is 75.3 Å². The standard InChI is InChI=1S/CH4N2O2.HI/c2-3-1(4)5;/h3H,2H2,(H,4,5);1H. The molecule has 0 saturated heterocycles. The predicted molar refractivity (Wildman–Crippen MR) is 30.8 cm³/mol. The van der Waals surface area contributed by atoms with E-state index in [2.05, 4.69) is 5.84 Å². The maximum Gasteiger partial charge on any atom is 0.418 e. The van der Waals surface area contributed by atoms with E-state index in [1.807, 2.05) is 0 Å². The average molecular weight is 204 g/mol. The molecule has 6 heavy (non-hydrogen) atoms. The highest BCUT2D eigenvalue weighted by molar-refractivity contribution is 14.0. The van der Waals surface area contributed by atoms with Gasteiger partial charge in [-0.3, -0.25) is 5.43 Å². The van der Waals surface area contributed by atoms with Gasteiger partial charge >= 0.3 is 6.09 Å². The van der Waals surface area contributed by atoms with Crippen LogP contribution in [0.2, 0.25) is 0 Å². The van der Waals surface area contributed by atoms with Crippen molar-refractivity contribution in [3.8, 4) is 0 Å². The minimum Gasteiger partial charge on any atom is -0.464 e. The van der Waals surface area contributed by atoms with Crippen molar-refractivity contribution in [2.75, 3.05) is 0 Å². The van der Waals surface area contributed by atoms with Crippen LogP contribution in [0.1, 0.15) is 0 Å². The SMILES string of the molecule is I.NNC(=O)O. The normalized spacial score (nSPS) is 5.50. The van der Waals surface area contributed by atoms with Crippen LogP contribution in [0.3, 0.4) is 0 Å². The minimum absolute atomic E-state index is 0. The van der Waals surface area contributed by atoms with Crippen molar-refractivity contribution in [1.29, 1.82) is 0 Å². The third-order valence-electron chi connectivity index (χ3n) is 0.123. The van der Waals surface area contributed by atoms with E-state index in [4.69, 9.17) is 9.90 Å². The molecule has 0 aromatic rings. The largest absolute Gasteiger partial charge is 0.464 e. The first kappa shape index (κ1) is 9.35. The molecule has 0 radical (unpaired) electrons. The number of hydrazine groups is 1. The zero-order valence-electron chi connectivity index (χ0n) is 2.84. The molecule has 0 saturated carbocycles. The van der Waals surface area contributed by atoms with Crippen LogP contribution in [0.25, 0.3) is 0 Å². The average Bonchev–Trinajstić information content (AvgIpc) is 1.38. The van der Waals surface area contributed by atoms with Crippen LogP contribution < -0.4 is 11.3 Å². The second-order valence-electron chi connectivity index (χ2n) is 0.449. The summed E-state index contributed by atoms with van der Waals surface area (Å²) < 4.78 is 0. The molecule has 5 heteroatoms. The first-order chi connectivity index (χ1) is 2.27. The van der Waals surface area contributed by atoms with Crippen molar-refractivity contribution in [2.45, 2.75) is 0 Å². The van der Waals surface area contributed by atoms with E-state index in [0.717, 1.165) is 0 Å². The first-order valence-corrected chi connectivity index (χ1v) is 0.966. The number of carboxylic acid groups (broad SMARTS) is 1. The van der Waals surface area contributed by atoms with Crippen LogP contribution in [-0.4, -0.2) is 11.2 Å². The quantitative estimate of drug-likeness (QED) is 0.220. The van der Waals surface area contributed by atoms with Crippen LogP contribution in [0.15, 0.2) is 0 Å². The molecule has 0 aromatic heterocycles. The number of hydrogen-bond donors (Lipinski definition) is 3. The number of nitrogens with one attached hydrogen (secondary N) is 1. The fraction of sp³-hybridized carbons (Fsp3) is 0. The van der Waals surface area contributed by atoms with E-state index in [1.165, 1.54) is 5.43 Å². The third kappa shape index (κ3) is 9.03. The summed E-state index contributed by atoms with van der Waals surface area (Å²) in [5.74, 6) is 4.32. The van der Waals surface area contributed by atoms with Gasteiger partial charge in [0.25, 0.3) is 0 Å². The van der Waals surface area contributed by atoms with Crippen LogP contribution in [-0.2, 0) is 0 Å². The zero-order chi connectivity index (χ0) is 4.28. The van der Waals surface area contributed by atoms with Crippen molar-refractivity contribution in [3.63, 3.8) is 0 Å². The molecule has 1 amide bonds. The lowest BCUT2D eigenvalue weighted by Gasteiger charge is -1.79. The molecule has 0 bridgehead atoms. The molecule has 0 rings (SSSR count). The maximum absolute atomic E-state index is 9.13. The lowest BCUT2D eigenvalue weighted by molar-refractivity contribution is 0.194. The van der Waals surface area contributed by atoms with Gasteiger partial charge in [-0.15, -0.1) is 24.0 Å². The Balaban J connectivity index is 0. The summed E-state index contributed by atoms with van der Waals surface area (Å²) in [6.45, 7) is 0. The molecule has 0 unspecified atom stereocenters. The van der Waals surface area contributed by atoms with Crippen LogP contribution in [0.4, 0.5) is 4.79 Å². The molecule has 38 valence electrons. The van der Waals surface area contributed by atoms with E-state index >= 15 is 0 Å². The monoisotopic (exact) mass is 204 g/mol. The third-order valence-corrected chi connectivity index (χ3v) is 0.123. The number of amides is 1. The molecule has 0 fully saturated rings. The first-order valence-electron chi connectivity index (χ1n) is 0.966. The van der Waals surface area contributed by atoms with E-state index < -0.39 is 6.09 Å². The van der Waals surface area contributed by atoms with Gasteiger partial charge in [-0.25, -0.2) is 10.6 Å². The molecule has 0 aliphatic carbocycles. The number of carbonyl (C=O) groups is 1. The maximum atomic E-state index is 9.13. The van der Waals surface area contributed by atoms with Gasteiger partial charge in [0, 0.05) is 0 Å². The summed E-state index contributed by atoms with van der Waals surface area (Å²) in [6.07, 6.45) is -1.22. The van der Waals surface area contributed by atoms with Gasteiger partial charge in [0.15, 0.2) is 0 Å². The summed E-state index contributed by atoms with van der Waals surface area (Å²) >= 11 is 0. The van der Waals surface area contributed by atoms with E-state index in [-0.39, 0.29) is 24.0 Å². The Morgan fingerprint density at radius 2 is 2.00 bits per heavy atom. The van der Waals surface area contributed by atoms with Crippen molar-refractivity contribution in [2.24, 2.45) is 5.84 Å². The van der Waals surface area contributed by atoms with Gasteiger partial charge in [-0.05, 0) is 0 Å². The van der Waals surface area contributed by atoms with Crippen LogP contribution >= 0.6 is 24.0 Å². The number of rotatable bonds is 0. The highest BCUT2D eigenvalue weighted by Gasteiger charge is 1.77. The summed E-state index contributed by atoms with van der Waals surface area (Å²) in [5, 5.41) is 7.49. The van der Waals surface area contributed by atoms with E-state index in [9.17, 15) is 0 Å². The Kier molecular flexibility index (Phi) is 7.73. The second kappa shape index (κ2) is 4.96. The van der Waals surface area contributed by atoms with Gasteiger partial charge in [0.2, 0.25) is 0 Å². The molecular formula is CH5IN2O2. The van der Waals surface area contributed by atoms with Gasteiger partial charge in [-0.2, -0.15) is 0 Å². The van der Waals surface area contributed by atoms with Gasteiger partial charge in [0.1, 0.15) is 0 Å². The predicted octanol–water partition coefficient (Wildman–Crippen LogP) is -0.254. The number of halogens is 1. The highest BCUT2D eigenvalue weighted by Crippen LogP contribution is 1.42. The van der Waals surface area contributed by atoms with Crippen molar-refractivity contribution >= 4 is 30.1 Å². The minimum atomic E-state index is -1.22. The Bertz CT molecular complexity index is 46.8. The lowest BCUT2D eigenvalue weighted by Crippen LogP contribution is -2.27. The Morgan fingerprint density at radius 3 is 2.00 bits per heavy atom. The second-order valence-corrected chi connectivity index (χ2v) is 0.449. The molecule has 0 aliphatic heterocycles. The van der Waals surface area contributed by atoms with Crippen molar-refractivity contribution in [3.05, 3.63) is 0 Å². The molecule has 0 aliphatic rings. The summed E-state index contributed by atoms with van der Waals surface area (Å²) in [5.41, 5.74) is 1.44. The molecule has 0 aromatic carbocycles. The van der Waals surface area contributed by atoms with Crippen LogP contribution in [0.5, 0.6) is 0 Å². The van der Waals surface area contributed by atoms with Gasteiger partial charge in [0.05, 0.1) is 0 Å². The molecule has 0 spiro atoms. The van der Waals surface area contributed by atoms with E-state index in [1.54, 1.807) is 0 Å². The highest BCUT2D eigenvalue weighted by atomic mass is 127. The number of hydrogen-bond acceptors (Lipinski definition) is 2. The smallest absolute Gasteiger partial charge is 0.418 e. The van der Waals surface area contributed by atoms with E-state index in [0.29, 0.717) is 0 Å². The Labute approximate surface area is 51.7 Å². The Morgan fingerprint density at radius 1 is 1.83 bits per heavy atom. The Hall–Kier alpha value is -0.0400. The summed E-state index contributed by atoms with van der Waals surface area (Å²) in [4.78, 5) is 9.13. The zero-order valence-corrected chi connectivity index (χ0v) is 5.17. The lowest BCUT2D eigenvalue weighted by atomic mass is 11.3.